The SMILES string of the molecule is Cc1cc(C)c(C[n+]2ccn(-c3c(C(C)C)cccc3C(C)C)c2)c(C)c1CC1=NC(C)(C)CO1.[Br-]. The van der Waals surface area contributed by atoms with Crippen LogP contribution in [0.1, 0.15) is 92.3 Å². The molecule has 3 aromatic rings. The number of nitrogens with zero attached hydrogens (tertiary/aromatic N) is 3. The first-order chi connectivity index (χ1) is 16.5. The van der Waals surface area contributed by atoms with Crippen molar-refractivity contribution in [3.8, 4) is 5.69 Å². The fraction of sp³-hybridized carbons (Fsp3) is 0.484. The van der Waals surface area contributed by atoms with Crippen molar-refractivity contribution in [3.63, 3.8) is 0 Å². The molecule has 2 heterocycles. The van der Waals surface area contributed by atoms with Gasteiger partial charge in [-0.3, -0.25) is 0 Å². The molecule has 0 unspecified atom stereocenters. The molecule has 0 radical (unpaired) electrons. The number of ether oxygens (including phenoxy) is 1. The lowest BCUT2D eigenvalue weighted by molar-refractivity contribution is -0.687. The Balaban J connectivity index is 0.00000361. The molecule has 5 heteroatoms. The Kier molecular flexibility index (Phi) is 8.55. The second kappa shape index (κ2) is 10.9. The van der Waals surface area contributed by atoms with E-state index in [1.165, 1.54) is 44.6 Å². The van der Waals surface area contributed by atoms with E-state index >= 15 is 0 Å². The monoisotopic (exact) mass is 551 g/mol. The molecule has 4 rings (SSSR count). The molecule has 4 nitrogen and oxygen atoms in total. The van der Waals surface area contributed by atoms with E-state index < -0.39 is 0 Å². The summed E-state index contributed by atoms with van der Waals surface area (Å²) in [7, 11) is 0. The predicted octanol–water partition coefficient (Wildman–Crippen LogP) is 3.74. The second-order valence-electron chi connectivity index (χ2n) is 11.5. The third-order valence-corrected chi connectivity index (χ3v) is 7.27. The number of halogens is 1. The summed E-state index contributed by atoms with van der Waals surface area (Å²) in [6.45, 7) is 21.6. The van der Waals surface area contributed by atoms with Crippen molar-refractivity contribution in [3.05, 3.63) is 81.9 Å². The van der Waals surface area contributed by atoms with Gasteiger partial charge in [0, 0.05) is 17.5 Å². The van der Waals surface area contributed by atoms with Gasteiger partial charge in [-0.05, 0) is 74.3 Å². The molecule has 0 aliphatic carbocycles. The number of benzene rings is 2. The van der Waals surface area contributed by atoms with Crippen LogP contribution in [0.15, 0.2) is 48.0 Å². The third-order valence-electron chi connectivity index (χ3n) is 7.27. The molecule has 0 N–H and O–H groups in total. The van der Waals surface area contributed by atoms with E-state index in [1.54, 1.807) is 0 Å². The van der Waals surface area contributed by atoms with Crippen LogP contribution in [0.4, 0.5) is 0 Å². The number of hydrogen-bond donors (Lipinski definition) is 0. The minimum absolute atomic E-state index is 0. The second-order valence-corrected chi connectivity index (χ2v) is 11.5. The number of rotatable bonds is 7. The Labute approximate surface area is 228 Å². The van der Waals surface area contributed by atoms with Crippen molar-refractivity contribution in [2.75, 3.05) is 6.61 Å². The van der Waals surface area contributed by atoms with Crippen molar-refractivity contribution < 1.29 is 26.3 Å². The van der Waals surface area contributed by atoms with Gasteiger partial charge in [-0.15, -0.1) is 0 Å². The summed E-state index contributed by atoms with van der Waals surface area (Å²) in [6.07, 6.45) is 7.42. The van der Waals surface area contributed by atoms with E-state index in [0.717, 1.165) is 18.9 Å². The number of aromatic nitrogens is 2. The van der Waals surface area contributed by atoms with E-state index in [4.69, 9.17) is 9.73 Å². The molecule has 0 spiro atoms. The van der Waals surface area contributed by atoms with Crippen LogP contribution in [0.5, 0.6) is 0 Å². The fourth-order valence-electron chi connectivity index (χ4n) is 5.30. The predicted molar refractivity (Wildman–Crippen MR) is 145 cm³/mol. The minimum Gasteiger partial charge on any atom is -1.00 e. The van der Waals surface area contributed by atoms with Crippen LogP contribution in [-0.4, -0.2) is 22.6 Å². The summed E-state index contributed by atoms with van der Waals surface area (Å²) in [4.78, 5) is 4.80. The van der Waals surface area contributed by atoms with Gasteiger partial charge < -0.3 is 21.7 Å². The van der Waals surface area contributed by atoms with Gasteiger partial charge in [-0.1, -0.05) is 52.0 Å². The molecule has 0 atom stereocenters. The molecule has 194 valence electrons. The van der Waals surface area contributed by atoms with Gasteiger partial charge in [0.2, 0.25) is 6.33 Å². The molecular weight excluding hydrogens is 510 g/mol. The zero-order valence-electron chi connectivity index (χ0n) is 23.4. The first-order valence-corrected chi connectivity index (χ1v) is 13.0. The molecule has 0 bridgehead atoms. The summed E-state index contributed by atoms with van der Waals surface area (Å²) in [5.41, 5.74) is 10.7. The van der Waals surface area contributed by atoms with Gasteiger partial charge in [-0.25, -0.2) is 14.1 Å². The van der Waals surface area contributed by atoms with Crippen molar-refractivity contribution in [2.45, 2.75) is 92.7 Å². The molecule has 1 aliphatic rings. The van der Waals surface area contributed by atoms with E-state index in [-0.39, 0.29) is 22.5 Å². The maximum absolute atomic E-state index is 5.93. The Morgan fingerprint density at radius 3 is 2.17 bits per heavy atom. The standard InChI is InChI=1S/C31H42N3O.BrH/c1-20(2)25-11-10-12-26(21(3)4)30(25)34-14-13-33(19-34)17-28-23(6)15-22(5)27(24(28)7)16-29-32-31(8,9)18-35-29;/h10-15,19-21H,16-18H2,1-9H3;1H/q+1;/p-1. The van der Waals surface area contributed by atoms with Crippen LogP contribution in [0.2, 0.25) is 0 Å². The lowest BCUT2D eigenvalue weighted by atomic mass is 9.91. The van der Waals surface area contributed by atoms with E-state index in [0.29, 0.717) is 18.4 Å². The Morgan fingerprint density at radius 1 is 1.00 bits per heavy atom. The van der Waals surface area contributed by atoms with Crippen LogP contribution in [0.3, 0.4) is 0 Å². The van der Waals surface area contributed by atoms with Crippen LogP contribution >= 0.6 is 0 Å². The number of aliphatic imine (C=N–C) groups is 1. The average Bonchev–Trinajstić information content (AvgIpc) is 3.39. The average molecular weight is 553 g/mol. The summed E-state index contributed by atoms with van der Waals surface area (Å²) >= 11 is 0. The molecule has 36 heavy (non-hydrogen) atoms. The van der Waals surface area contributed by atoms with Crippen molar-refractivity contribution >= 4 is 5.90 Å². The molecule has 0 amide bonds. The maximum atomic E-state index is 5.93. The quantitative estimate of drug-likeness (QED) is 0.411. The van der Waals surface area contributed by atoms with Crippen LogP contribution in [-0.2, 0) is 17.7 Å². The lowest BCUT2D eigenvalue weighted by Gasteiger charge is -2.17. The van der Waals surface area contributed by atoms with E-state index in [2.05, 4.69) is 114 Å². The van der Waals surface area contributed by atoms with E-state index in [1.807, 2.05) is 0 Å². The summed E-state index contributed by atoms with van der Waals surface area (Å²) in [6, 6.07) is 9.06. The zero-order valence-corrected chi connectivity index (χ0v) is 25.0. The number of imidazole rings is 1. The lowest BCUT2D eigenvalue weighted by Crippen LogP contribution is -3.00. The van der Waals surface area contributed by atoms with Crippen molar-refractivity contribution in [1.82, 2.24) is 4.57 Å². The largest absolute Gasteiger partial charge is 1.00 e. The van der Waals surface area contributed by atoms with Gasteiger partial charge in [0.1, 0.15) is 31.2 Å². The highest BCUT2D eigenvalue weighted by Gasteiger charge is 2.27. The summed E-state index contributed by atoms with van der Waals surface area (Å²) in [5, 5.41) is 0. The van der Waals surface area contributed by atoms with E-state index in [9.17, 15) is 0 Å². The minimum atomic E-state index is -0.120. The maximum Gasteiger partial charge on any atom is 0.249 e. The topological polar surface area (TPSA) is 30.4 Å². The molecule has 1 aromatic heterocycles. The summed E-state index contributed by atoms with van der Waals surface area (Å²) < 4.78 is 10.5. The van der Waals surface area contributed by atoms with Gasteiger partial charge in [0.25, 0.3) is 0 Å². The van der Waals surface area contributed by atoms with Gasteiger partial charge >= 0.3 is 0 Å². The Morgan fingerprint density at radius 2 is 1.61 bits per heavy atom. The van der Waals surface area contributed by atoms with Crippen LogP contribution in [0.25, 0.3) is 5.69 Å². The number of aryl methyl sites for hydroxylation is 2. The normalized spacial score (nSPS) is 14.7. The van der Waals surface area contributed by atoms with Crippen molar-refractivity contribution in [2.24, 2.45) is 4.99 Å². The third kappa shape index (κ3) is 5.77. The van der Waals surface area contributed by atoms with Gasteiger partial charge in [0.05, 0.1) is 5.54 Å². The Bertz CT molecular complexity index is 1240. The van der Waals surface area contributed by atoms with Crippen LogP contribution < -0.4 is 21.5 Å². The number of hydrogen-bond acceptors (Lipinski definition) is 2. The van der Waals surface area contributed by atoms with Crippen molar-refractivity contribution in [1.29, 1.82) is 0 Å². The first-order valence-electron chi connectivity index (χ1n) is 13.0. The molecule has 0 fully saturated rings. The van der Waals surface area contributed by atoms with Gasteiger partial charge in [-0.2, -0.15) is 0 Å². The van der Waals surface area contributed by atoms with Gasteiger partial charge in [0.15, 0.2) is 5.90 Å². The highest BCUT2D eigenvalue weighted by molar-refractivity contribution is 5.81. The Hall–Kier alpha value is -2.40. The molecule has 2 aromatic carbocycles. The molecule has 1 aliphatic heterocycles. The zero-order chi connectivity index (χ0) is 25.5. The molecule has 0 saturated carbocycles. The highest BCUT2D eigenvalue weighted by atomic mass is 79.9. The first kappa shape index (κ1) is 28.2. The molecular formula is C31H42BrN3O. The number of para-hydroxylation sites is 1. The molecule has 0 saturated heterocycles. The van der Waals surface area contributed by atoms with Crippen LogP contribution in [0, 0.1) is 20.8 Å². The smallest absolute Gasteiger partial charge is 0.249 e. The summed E-state index contributed by atoms with van der Waals surface area (Å²) in [5.74, 6) is 1.80. The fourth-order valence-corrected chi connectivity index (χ4v) is 5.30. The highest BCUT2D eigenvalue weighted by Crippen LogP contribution is 2.31.